The maximum atomic E-state index is 9.75. The van der Waals surface area contributed by atoms with Gasteiger partial charge in [-0.25, -0.2) is 0 Å². The molecule has 124 valence electrons. The molecule has 0 aromatic heterocycles. The van der Waals surface area contributed by atoms with Crippen molar-refractivity contribution < 1.29 is 10.2 Å². The number of aliphatic hydroxyl groups excluding tert-OH is 2. The highest BCUT2D eigenvalue weighted by molar-refractivity contribution is 4.78. The number of aliphatic hydroxyl groups is 2. The average Bonchev–Trinajstić information content (AvgIpc) is 2.48. The molecule has 2 heterocycles. The second kappa shape index (κ2) is 8.47. The van der Waals surface area contributed by atoms with Crippen LogP contribution in [0.15, 0.2) is 0 Å². The van der Waals surface area contributed by atoms with Gasteiger partial charge < -0.3 is 20.0 Å². The van der Waals surface area contributed by atoms with Gasteiger partial charge in [-0.05, 0) is 84.0 Å². The van der Waals surface area contributed by atoms with E-state index in [0.29, 0.717) is 11.8 Å². The quantitative estimate of drug-likeness (QED) is 0.781. The number of rotatable bonds is 6. The summed E-state index contributed by atoms with van der Waals surface area (Å²) in [5, 5.41) is 19.5. The Kier molecular flexibility index (Phi) is 6.93. The highest BCUT2D eigenvalue weighted by atomic mass is 16.3. The van der Waals surface area contributed by atoms with E-state index in [1.54, 1.807) is 0 Å². The van der Waals surface area contributed by atoms with E-state index in [2.05, 4.69) is 9.80 Å². The molecule has 0 spiro atoms. The fourth-order valence-electron chi connectivity index (χ4n) is 3.89. The van der Waals surface area contributed by atoms with Gasteiger partial charge in [-0.3, -0.25) is 0 Å². The summed E-state index contributed by atoms with van der Waals surface area (Å²) in [5.74, 6) is 0.932. The lowest BCUT2D eigenvalue weighted by atomic mass is 9.93. The predicted octanol–water partition coefficient (Wildman–Crippen LogP) is 1.56. The van der Waals surface area contributed by atoms with Gasteiger partial charge in [-0.1, -0.05) is 0 Å². The molecule has 2 fully saturated rings. The first-order valence-electron chi connectivity index (χ1n) is 8.87. The monoisotopic (exact) mass is 298 g/mol. The molecular formula is C17H34N2O2. The number of hydrogen-bond donors (Lipinski definition) is 2. The van der Waals surface area contributed by atoms with Crippen LogP contribution in [0, 0.1) is 11.8 Å². The molecule has 4 atom stereocenters. The summed E-state index contributed by atoms with van der Waals surface area (Å²) in [5.41, 5.74) is 0. The molecule has 0 aliphatic carbocycles. The van der Waals surface area contributed by atoms with Gasteiger partial charge in [0.2, 0.25) is 0 Å². The van der Waals surface area contributed by atoms with Crippen LogP contribution >= 0.6 is 0 Å². The van der Waals surface area contributed by atoms with Gasteiger partial charge in [0, 0.05) is 13.1 Å². The third kappa shape index (κ3) is 5.51. The first-order valence-corrected chi connectivity index (χ1v) is 8.87. The molecule has 2 rings (SSSR count). The SMILES string of the molecule is CC(O)C1CCCN(CCCN2CCCC(C(C)O)C2)C1. The molecule has 4 unspecified atom stereocenters. The van der Waals surface area contributed by atoms with E-state index in [4.69, 9.17) is 0 Å². The van der Waals surface area contributed by atoms with E-state index in [0.717, 1.165) is 26.2 Å². The molecule has 4 nitrogen and oxygen atoms in total. The highest BCUT2D eigenvalue weighted by Crippen LogP contribution is 2.21. The molecule has 0 aromatic rings. The Bertz CT molecular complexity index is 269. The van der Waals surface area contributed by atoms with Crippen LogP contribution in [0.25, 0.3) is 0 Å². The second-order valence-corrected chi connectivity index (χ2v) is 7.24. The standard InChI is InChI=1S/C17H34N2O2/c1-14(20)16-6-3-8-18(12-16)10-5-11-19-9-4-7-17(13-19)15(2)21/h14-17,20-21H,3-13H2,1-2H3. The van der Waals surface area contributed by atoms with Crippen LogP contribution in [0.4, 0.5) is 0 Å². The maximum Gasteiger partial charge on any atom is 0.0552 e. The van der Waals surface area contributed by atoms with E-state index in [1.807, 2.05) is 13.8 Å². The van der Waals surface area contributed by atoms with E-state index in [-0.39, 0.29) is 12.2 Å². The van der Waals surface area contributed by atoms with E-state index >= 15 is 0 Å². The zero-order valence-corrected chi connectivity index (χ0v) is 13.9. The molecule has 2 saturated heterocycles. The Labute approximate surface area is 130 Å². The minimum atomic E-state index is -0.165. The molecule has 0 amide bonds. The van der Waals surface area contributed by atoms with Crippen molar-refractivity contribution in [3.8, 4) is 0 Å². The smallest absolute Gasteiger partial charge is 0.0552 e. The topological polar surface area (TPSA) is 46.9 Å². The molecular weight excluding hydrogens is 264 g/mol. The largest absolute Gasteiger partial charge is 0.393 e. The lowest BCUT2D eigenvalue weighted by Gasteiger charge is -2.36. The lowest BCUT2D eigenvalue weighted by molar-refractivity contribution is 0.0518. The molecule has 0 bridgehead atoms. The van der Waals surface area contributed by atoms with Crippen molar-refractivity contribution in [1.82, 2.24) is 9.80 Å². The zero-order valence-electron chi connectivity index (χ0n) is 13.9. The third-order valence-corrected chi connectivity index (χ3v) is 5.40. The van der Waals surface area contributed by atoms with Gasteiger partial charge in [0.15, 0.2) is 0 Å². The van der Waals surface area contributed by atoms with Gasteiger partial charge in [0.25, 0.3) is 0 Å². The summed E-state index contributed by atoms with van der Waals surface area (Å²) in [7, 11) is 0. The Morgan fingerprint density at radius 2 is 1.29 bits per heavy atom. The summed E-state index contributed by atoms with van der Waals surface area (Å²) in [6, 6.07) is 0. The minimum absolute atomic E-state index is 0.165. The van der Waals surface area contributed by atoms with Crippen LogP contribution in [0.3, 0.4) is 0 Å². The lowest BCUT2D eigenvalue weighted by Crippen LogP contribution is -2.42. The number of nitrogens with zero attached hydrogens (tertiary/aromatic N) is 2. The fraction of sp³-hybridized carbons (Fsp3) is 1.00. The molecule has 2 aliphatic rings. The van der Waals surface area contributed by atoms with Crippen molar-refractivity contribution >= 4 is 0 Å². The van der Waals surface area contributed by atoms with Crippen molar-refractivity contribution in [2.75, 3.05) is 39.3 Å². The van der Waals surface area contributed by atoms with Gasteiger partial charge in [0.05, 0.1) is 12.2 Å². The predicted molar refractivity (Wildman–Crippen MR) is 86.3 cm³/mol. The zero-order chi connectivity index (χ0) is 15.2. The van der Waals surface area contributed by atoms with Crippen LogP contribution in [-0.4, -0.2) is 71.5 Å². The summed E-state index contributed by atoms with van der Waals surface area (Å²) < 4.78 is 0. The molecule has 4 heteroatoms. The fourth-order valence-corrected chi connectivity index (χ4v) is 3.89. The molecule has 2 aliphatic heterocycles. The average molecular weight is 298 g/mol. The van der Waals surface area contributed by atoms with Crippen LogP contribution in [0.2, 0.25) is 0 Å². The summed E-state index contributed by atoms with van der Waals surface area (Å²) >= 11 is 0. The maximum absolute atomic E-state index is 9.75. The van der Waals surface area contributed by atoms with Gasteiger partial charge in [-0.15, -0.1) is 0 Å². The van der Waals surface area contributed by atoms with Crippen molar-refractivity contribution in [2.24, 2.45) is 11.8 Å². The summed E-state index contributed by atoms with van der Waals surface area (Å²) in [4.78, 5) is 5.05. The van der Waals surface area contributed by atoms with Gasteiger partial charge in [0.1, 0.15) is 0 Å². The van der Waals surface area contributed by atoms with E-state index < -0.39 is 0 Å². The summed E-state index contributed by atoms with van der Waals surface area (Å²) in [6.45, 7) is 10.7. The van der Waals surface area contributed by atoms with E-state index in [1.165, 1.54) is 45.2 Å². The molecule has 2 N–H and O–H groups in total. The van der Waals surface area contributed by atoms with E-state index in [9.17, 15) is 10.2 Å². The molecule has 0 saturated carbocycles. The normalized spacial score (nSPS) is 32.0. The van der Waals surface area contributed by atoms with Crippen molar-refractivity contribution in [3.05, 3.63) is 0 Å². The van der Waals surface area contributed by atoms with Gasteiger partial charge in [-0.2, -0.15) is 0 Å². The molecule has 0 radical (unpaired) electrons. The van der Waals surface area contributed by atoms with Crippen LogP contribution in [-0.2, 0) is 0 Å². The van der Waals surface area contributed by atoms with Crippen LogP contribution in [0.5, 0.6) is 0 Å². The van der Waals surface area contributed by atoms with Crippen molar-refractivity contribution in [3.63, 3.8) is 0 Å². The van der Waals surface area contributed by atoms with Crippen molar-refractivity contribution in [2.45, 2.75) is 58.2 Å². The van der Waals surface area contributed by atoms with Gasteiger partial charge >= 0.3 is 0 Å². The van der Waals surface area contributed by atoms with Crippen molar-refractivity contribution in [1.29, 1.82) is 0 Å². The number of piperidine rings is 2. The Balaban J connectivity index is 1.64. The Morgan fingerprint density at radius 3 is 1.67 bits per heavy atom. The Morgan fingerprint density at radius 1 is 0.857 bits per heavy atom. The van der Waals surface area contributed by atoms with Crippen LogP contribution < -0.4 is 0 Å². The van der Waals surface area contributed by atoms with Crippen LogP contribution in [0.1, 0.15) is 46.0 Å². The highest BCUT2D eigenvalue weighted by Gasteiger charge is 2.25. The molecule has 0 aromatic carbocycles. The first kappa shape index (κ1) is 17.2. The third-order valence-electron chi connectivity index (χ3n) is 5.40. The number of hydrogen-bond acceptors (Lipinski definition) is 4. The second-order valence-electron chi connectivity index (χ2n) is 7.24. The first-order chi connectivity index (χ1) is 10.1. The molecule has 21 heavy (non-hydrogen) atoms. The minimum Gasteiger partial charge on any atom is -0.393 e. The summed E-state index contributed by atoms with van der Waals surface area (Å²) in [6.07, 6.45) is 5.68. The Hall–Kier alpha value is -0.160. The number of likely N-dealkylation sites (tertiary alicyclic amines) is 2.